The van der Waals surface area contributed by atoms with Crippen LogP contribution in [0.4, 0.5) is 0 Å². The summed E-state index contributed by atoms with van der Waals surface area (Å²) in [5.74, 6) is -0.0621. The Labute approximate surface area is 91.8 Å². The van der Waals surface area contributed by atoms with Crippen molar-refractivity contribution in [2.75, 3.05) is 6.54 Å². The molecule has 0 aliphatic heterocycles. The fourth-order valence-corrected chi connectivity index (χ4v) is 0.883. The summed E-state index contributed by atoms with van der Waals surface area (Å²) in [5.41, 5.74) is 4.76. The highest BCUT2D eigenvalue weighted by Crippen LogP contribution is 2.28. The van der Waals surface area contributed by atoms with Gasteiger partial charge in [-0.1, -0.05) is 0 Å². The molecule has 1 amide bonds. The van der Waals surface area contributed by atoms with Gasteiger partial charge in [-0.15, -0.1) is 0 Å². The lowest BCUT2D eigenvalue weighted by Crippen LogP contribution is -2.55. The smallest absolute Gasteiger partial charge is 0.227 e. The van der Waals surface area contributed by atoms with E-state index in [1.807, 2.05) is 33.8 Å². The Balaban J connectivity index is 4.17. The second-order valence-electron chi connectivity index (χ2n) is 4.86. The van der Waals surface area contributed by atoms with Crippen LogP contribution in [0, 0.1) is 16.7 Å². The molecule has 0 heterocycles. The van der Waals surface area contributed by atoms with Crippen molar-refractivity contribution in [3.63, 3.8) is 0 Å². The van der Waals surface area contributed by atoms with E-state index < -0.39 is 11.0 Å². The van der Waals surface area contributed by atoms with Crippen LogP contribution in [0.1, 0.15) is 40.5 Å². The number of unbranched alkanes of at least 4 members (excludes halogenated alkanes) is 1. The van der Waals surface area contributed by atoms with Crippen LogP contribution in [0.25, 0.3) is 0 Å². The Morgan fingerprint density at radius 2 is 1.93 bits per heavy atom. The van der Waals surface area contributed by atoms with Gasteiger partial charge in [-0.25, -0.2) is 0 Å². The van der Waals surface area contributed by atoms with E-state index >= 15 is 0 Å². The van der Waals surface area contributed by atoms with Crippen molar-refractivity contribution in [2.45, 2.75) is 46.1 Å². The Morgan fingerprint density at radius 1 is 1.40 bits per heavy atom. The third-order valence-electron chi connectivity index (χ3n) is 2.93. The van der Waals surface area contributed by atoms with Crippen LogP contribution in [-0.2, 0) is 4.79 Å². The molecule has 3 N–H and O–H groups in total. The van der Waals surface area contributed by atoms with Crippen molar-refractivity contribution in [3.8, 4) is 6.07 Å². The molecule has 0 radical (unpaired) electrons. The van der Waals surface area contributed by atoms with Crippen molar-refractivity contribution < 1.29 is 4.79 Å². The van der Waals surface area contributed by atoms with E-state index in [2.05, 4.69) is 5.32 Å². The van der Waals surface area contributed by atoms with E-state index in [1.54, 1.807) is 0 Å². The highest BCUT2D eigenvalue weighted by Gasteiger charge is 2.39. The number of hydrogen-bond acceptors (Lipinski definition) is 3. The van der Waals surface area contributed by atoms with E-state index in [4.69, 9.17) is 11.0 Å². The fourth-order valence-electron chi connectivity index (χ4n) is 0.883. The van der Waals surface area contributed by atoms with E-state index in [0.29, 0.717) is 19.4 Å². The molecule has 4 heteroatoms. The molecule has 0 aliphatic rings. The molecule has 86 valence electrons. The molecule has 15 heavy (non-hydrogen) atoms. The third kappa shape index (κ3) is 3.88. The average Bonchev–Trinajstić information content (AvgIpc) is 2.10. The SMILES string of the molecule is CC(C)(N)C(C)(C)C(=O)NCCCC#N. The minimum absolute atomic E-state index is 0.0621. The van der Waals surface area contributed by atoms with Crippen LogP contribution in [0.3, 0.4) is 0 Å². The minimum atomic E-state index is -0.611. The van der Waals surface area contributed by atoms with Gasteiger partial charge in [0, 0.05) is 18.5 Å². The molecule has 0 rings (SSSR count). The summed E-state index contributed by atoms with van der Waals surface area (Å²) >= 11 is 0. The highest BCUT2D eigenvalue weighted by molar-refractivity contribution is 5.83. The van der Waals surface area contributed by atoms with Gasteiger partial charge in [0.05, 0.1) is 11.5 Å². The first-order chi connectivity index (χ1) is 6.73. The van der Waals surface area contributed by atoms with Gasteiger partial charge in [0.15, 0.2) is 0 Å². The molecule has 4 nitrogen and oxygen atoms in total. The zero-order chi connectivity index (χ0) is 12.1. The summed E-state index contributed by atoms with van der Waals surface area (Å²) in [6, 6.07) is 2.03. The Bertz CT molecular complexity index is 258. The molecule has 0 aromatic heterocycles. The molecular weight excluding hydrogens is 190 g/mol. The van der Waals surface area contributed by atoms with E-state index in [-0.39, 0.29) is 5.91 Å². The van der Waals surface area contributed by atoms with Gasteiger partial charge in [0.2, 0.25) is 5.91 Å². The lowest BCUT2D eigenvalue weighted by Gasteiger charge is -2.36. The van der Waals surface area contributed by atoms with E-state index in [9.17, 15) is 4.79 Å². The third-order valence-corrected chi connectivity index (χ3v) is 2.93. The second-order valence-corrected chi connectivity index (χ2v) is 4.86. The maximum absolute atomic E-state index is 11.8. The maximum Gasteiger partial charge on any atom is 0.227 e. The molecular formula is C11H21N3O. The Kier molecular flexibility index (Phi) is 4.76. The molecule has 0 atom stereocenters. The van der Waals surface area contributed by atoms with Crippen molar-refractivity contribution >= 4 is 5.91 Å². The summed E-state index contributed by atoms with van der Waals surface area (Å²) in [5, 5.41) is 11.1. The molecule has 0 saturated carbocycles. The first-order valence-electron chi connectivity index (χ1n) is 5.17. The zero-order valence-electron chi connectivity index (χ0n) is 10.1. The quantitative estimate of drug-likeness (QED) is 0.670. The second kappa shape index (κ2) is 5.13. The van der Waals surface area contributed by atoms with Crippen molar-refractivity contribution in [2.24, 2.45) is 11.1 Å². The van der Waals surface area contributed by atoms with Gasteiger partial charge in [-0.3, -0.25) is 4.79 Å². The topological polar surface area (TPSA) is 78.9 Å². The molecule has 0 aromatic carbocycles. The van der Waals surface area contributed by atoms with Crippen LogP contribution in [0.5, 0.6) is 0 Å². The number of hydrogen-bond donors (Lipinski definition) is 2. The first-order valence-corrected chi connectivity index (χ1v) is 5.17. The minimum Gasteiger partial charge on any atom is -0.356 e. The largest absolute Gasteiger partial charge is 0.356 e. The lowest BCUT2D eigenvalue weighted by molar-refractivity contribution is -0.132. The average molecular weight is 211 g/mol. The molecule has 0 unspecified atom stereocenters. The van der Waals surface area contributed by atoms with E-state index in [0.717, 1.165) is 0 Å². The monoisotopic (exact) mass is 211 g/mol. The highest BCUT2D eigenvalue weighted by atomic mass is 16.2. The predicted octanol–water partition coefficient (Wildman–Crippen LogP) is 1.17. The van der Waals surface area contributed by atoms with Gasteiger partial charge in [-0.05, 0) is 34.1 Å². The lowest BCUT2D eigenvalue weighted by atomic mass is 9.74. The summed E-state index contributed by atoms with van der Waals surface area (Å²) < 4.78 is 0. The number of carbonyl (C=O) groups excluding carboxylic acids is 1. The van der Waals surface area contributed by atoms with Crippen LogP contribution >= 0.6 is 0 Å². The van der Waals surface area contributed by atoms with Gasteiger partial charge in [0.1, 0.15) is 0 Å². The van der Waals surface area contributed by atoms with Crippen molar-refractivity contribution in [1.29, 1.82) is 5.26 Å². The standard InChI is InChI=1S/C11H21N3O/c1-10(2,11(3,4)13)9(15)14-8-6-5-7-12/h5-6,8,13H2,1-4H3,(H,14,15). The summed E-state index contributed by atoms with van der Waals surface area (Å²) in [6.07, 6.45) is 1.15. The zero-order valence-corrected chi connectivity index (χ0v) is 10.1. The number of amides is 1. The number of nitrogens with zero attached hydrogens (tertiary/aromatic N) is 1. The van der Waals surface area contributed by atoms with Gasteiger partial charge in [-0.2, -0.15) is 5.26 Å². The number of nitrogens with two attached hydrogens (primary N) is 1. The van der Waals surface area contributed by atoms with Crippen LogP contribution in [-0.4, -0.2) is 18.0 Å². The van der Waals surface area contributed by atoms with Crippen LogP contribution in [0.15, 0.2) is 0 Å². The number of nitriles is 1. The Morgan fingerprint density at radius 3 is 2.33 bits per heavy atom. The van der Waals surface area contributed by atoms with Crippen molar-refractivity contribution in [3.05, 3.63) is 0 Å². The van der Waals surface area contributed by atoms with Gasteiger partial charge < -0.3 is 11.1 Å². The van der Waals surface area contributed by atoms with Gasteiger partial charge >= 0.3 is 0 Å². The van der Waals surface area contributed by atoms with E-state index in [1.165, 1.54) is 0 Å². The number of carbonyl (C=O) groups is 1. The number of rotatable bonds is 5. The number of nitrogens with one attached hydrogen (secondary N) is 1. The maximum atomic E-state index is 11.8. The molecule has 0 spiro atoms. The molecule has 0 bridgehead atoms. The molecule has 0 aliphatic carbocycles. The molecule has 0 fully saturated rings. The summed E-state index contributed by atoms with van der Waals surface area (Å²) in [6.45, 7) is 7.86. The molecule has 0 aromatic rings. The normalized spacial score (nSPS) is 12.0. The molecule has 0 saturated heterocycles. The van der Waals surface area contributed by atoms with Crippen molar-refractivity contribution in [1.82, 2.24) is 5.32 Å². The summed E-state index contributed by atoms with van der Waals surface area (Å²) in [7, 11) is 0. The Hall–Kier alpha value is -1.08. The first kappa shape index (κ1) is 13.9. The fraction of sp³-hybridized carbons (Fsp3) is 0.818. The van der Waals surface area contributed by atoms with Crippen LogP contribution < -0.4 is 11.1 Å². The van der Waals surface area contributed by atoms with Crippen LogP contribution in [0.2, 0.25) is 0 Å². The summed E-state index contributed by atoms with van der Waals surface area (Å²) in [4.78, 5) is 11.8. The predicted molar refractivity (Wildman–Crippen MR) is 59.9 cm³/mol. The van der Waals surface area contributed by atoms with Gasteiger partial charge in [0.25, 0.3) is 0 Å².